The number of sulfonamides is 2. The Kier molecular flexibility index (Phi) is 7.78. The number of halogens is 1. The minimum Gasteiger partial charge on any atom is -0.214 e. The van der Waals surface area contributed by atoms with Crippen LogP contribution < -0.4 is 9.44 Å². The molecule has 2 N–H and O–H groups in total. The third-order valence-electron chi connectivity index (χ3n) is 2.95. The molecule has 1 rings (SSSR count). The number of rotatable bonds is 10. The maximum Gasteiger partial charge on any atom is 0.240 e. The van der Waals surface area contributed by atoms with Crippen LogP contribution in [-0.2, 0) is 26.5 Å². The number of aryl methyl sites for hydroxylation is 1. The summed E-state index contributed by atoms with van der Waals surface area (Å²) < 4.78 is 51.2. The van der Waals surface area contributed by atoms with Crippen LogP contribution >= 0.6 is 11.6 Å². The van der Waals surface area contributed by atoms with Crippen LogP contribution in [-0.4, -0.2) is 41.6 Å². The predicted octanol–water partition coefficient (Wildman–Crippen LogP) is 1.08. The highest BCUT2D eigenvalue weighted by atomic mass is 35.5. The van der Waals surface area contributed by atoms with Crippen LogP contribution in [0.3, 0.4) is 0 Å². The molecule has 0 spiro atoms. The highest BCUT2D eigenvalue weighted by molar-refractivity contribution is 7.89. The fraction of sp³-hybridized carbons (Fsp3) is 0.538. The summed E-state index contributed by atoms with van der Waals surface area (Å²) in [5.41, 5.74) is 1.02. The number of hydrogen-bond donors (Lipinski definition) is 2. The first-order chi connectivity index (χ1) is 10.3. The van der Waals surface area contributed by atoms with E-state index in [2.05, 4.69) is 9.44 Å². The van der Waals surface area contributed by atoms with Gasteiger partial charge in [-0.2, -0.15) is 0 Å². The normalized spacial score (nSPS) is 12.5. The molecule has 0 amide bonds. The van der Waals surface area contributed by atoms with Gasteiger partial charge < -0.3 is 0 Å². The molecule has 9 heteroatoms. The van der Waals surface area contributed by atoms with E-state index in [4.69, 9.17) is 11.6 Å². The Balaban J connectivity index is 2.55. The van der Waals surface area contributed by atoms with Crippen molar-refractivity contribution in [3.63, 3.8) is 0 Å². The largest absolute Gasteiger partial charge is 0.240 e. The second-order valence-electron chi connectivity index (χ2n) is 4.63. The molecule has 0 aliphatic rings. The summed E-state index contributed by atoms with van der Waals surface area (Å²) in [5.74, 6) is 0.527. The number of nitrogens with one attached hydrogen (secondary N) is 2. The quantitative estimate of drug-likeness (QED) is 0.477. The van der Waals surface area contributed by atoms with E-state index in [9.17, 15) is 16.8 Å². The van der Waals surface area contributed by atoms with E-state index in [1.165, 1.54) is 19.1 Å². The second-order valence-corrected chi connectivity index (χ2v) is 8.87. The van der Waals surface area contributed by atoms with E-state index in [0.29, 0.717) is 5.88 Å². The molecule has 126 valence electrons. The zero-order valence-electron chi connectivity index (χ0n) is 12.4. The van der Waals surface area contributed by atoms with Crippen LogP contribution in [0, 0.1) is 0 Å². The second kappa shape index (κ2) is 8.83. The lowest BCUT2D eigenvalue weighted by Gasteiger charge is -2.08. The van der Waals surface area contributed by atoms with Gasteiger partial charge in [-0.25, -0.2) is 26.3 Å². The van der Waals surface area contributed by atoms with Gasteiger partial charge in [-0.15, -0.1) is 11.6 Å². The maximum absolute atomic E-state index is 12.0. The van der Waals surface area contributed by atoms with Crippen LogP contribution in [0.1, 0.15) is 18.9 Å². The molecule has 0 unspecified atom stereocenters. The van der Waals surface area contributed by atoms with Crippen molar-refractivity contribution >= 4 is 31.6 Å². The van der Waals surface area contributed by atoms with Crippen molar-refractivity contribution in [2.45, 2.75) is 24.7 Å². The first-order valence-electron chi connectivity index (χ1n) is 6.92. The van der Waals surface area contributed by atoms with E-state index < -0.39 is 20.0 Å². The highest BCUT2D eigenvalue weighted by Crippen LogP contribution is 2.11. The third-order valence-corrected chi connectivity index (χ3v) is 6.10. The first-order valence-corrected chi connectivity index (χ1v) is 10.6. The lowest BCUT2D eigenvalue weighted by atomic mass is 10.1. The molecule has 6 nitrogen and oxygen atoms in total. The molecule has 0 heterocycles. The van der Waals surface area contributed by atoms with Crippen molar-refractivity contribution in [2.75, 3.05) is 24.7 Å². The van der Waals surface area contributed by atoms with E-state index >= 15 is 0 Å². The number of benzene rings is 1. The molecule has 0 fully saturated rings. The highest BCUT2D eigenvalue weighted by Gasteiger charge is 2.13. The Morgan fingerprint density at radius 3 is 2.14 bits per heavy atom. The maximum atomic E-state index is 12.0. The Hall–Kier alpha value is -0.670. The zero-order chi connectivity index (χ0) is 16.6. The van der Waals surface area contributed by atoms with Crippen molar-refractivity contribution in [3.05, 3.63) is 29.8 Å². The van der Waals surface area contributed by atoms with Gasteiger partial charge in [0, 0.05) is 19.0 Å². The number of alkyl halides is 1. The summed E-state index contributed by atoms with van der Waals surface area (Å²) in [4.78, 5) is 0.153. The Bertz CT molecular complexity index is 658. The number of hydrogen-bond acceptors (Lipinski definition) is 4. The van der Waals surface area contributed by atoms with Gasteiger partial charge in [0.25, 0.3) is 0 Å². The van der Waals surface area contributed by atoms with Gasteiger partial charge in [0.2, 0.25) is 20.0 Å². The predicted molar refractivity (Wildman–Crippen MR) is 88.1 cm³/mol. The van der Waals surface area contributed by atoms with Crippen LogP contribution in [0.5, 0.6) is 0 Å². The van der Waals surface area contributed by atoms with Crippen molar-refractivity contribution in [1.29, 1.82) is 0 Å². The van der Waals surface area contributed by atoms with E-state index in [0.717, 1.165) is 18.4 Å². The average Bonchev–Trinajstić information content (AvgIpc) is 2.50. The van der Waals surface area contributed by atoms with E-state index in [-0.39, 0.29) is 23.7 Å². The van der Waals surface area contributed by atoms with Crippen molar-refractivity contribution in [2.24, 2.45) is 0 Å². The van der Waals surface area contributed by atoms with Gasteiger partial charge in [0.05, 0.1) is 10.6 Å². The van der Waals surface area contributed by atoms with Gasteiger partial charge in [0.1, 0.15) is 0 Å². The summed E-state index contributed by atoms with van der Waals surface area (Å²) in [6.45, 7) is 1.52. The van der Waals surface area contributed by atoms with Crippen LogP contribution in [0.2, 0.25) is 0 Å². The van der Waals surface area contributed by atoms with Gasteiger partial charge in [-0.3, -0.25) is 0 Å². The van der Waals surface area contributed by atoms with Crippen LogP contribution in [0.25, 0.3) is 0 Å². The molecule has 0 aromatic heterocycles. The molecule has 0 aliphatic heterocycles. The molecule has 1 aromatic rings. The molecular weight excluding hydrogens is 348 g/mol. The molecule has 0 atom stereocenters. The van der Waals surface area contributed by atoms with Gasteiger partial charge in [-0.1, -0.05) is 12.1 Å². The lowest BCUT2D eigenvalue weighted by Crippen LogP contribution is -2.35. The molecule has 0 saturated carbocycles. The molecular formula is C13H21ClN2O4S2. The lowest BCUT2D eigenvalue weighted by molar-refractivity contribution is 0.571. The molecule has 22 heavy (non-hydrogen) atoms. The van der Waals surface area contributed by atoms with Crippen LogP contribution in [0.4, 0.5) is 0 Å². The minimum atomic E-state index is -3.63. The Morgan fingerprint density at radius 2 is 1.59 bits per heavy atom. The summed E-state index contributed by atoms with van der Waals surface area (Å²) in [5, 5.41) is 0. The fourth-order valence-electron chi connectivity index (χ4n) is 1.68. The zero-order valence-corrected chi connectivity index (χ0v) is 14.8. The molecule has 0 bridgehead atoms. The summed E-state index contributed by atoms with van der Waals surface area (Å²) >= 11 is 5.61. The van der Waals surface area contributed by atoms with Gasteiger partial charge >= 0.3 is 0 Å². The Morgan fingerprint density at radius 1 is 1.00 bits per heavy atom. The van der Waals surface area contributed by atoms with Crippen LogP contribution in [0.15, 0.2) is 29.2 Å². The standard InChI is InChI=1S/C13H21ClN2O4S2/c1-2-21(17,18)15-10-11-16-22(19,20)13-7-5-12(6-8-13)4-3-9-14/h5-8,15-16H,2-4,9-11H2,1H3. The van der Waals surface area contributed by atoms with E-state index in [1.807, 2.05) is 0 Å². The first kappa shape index (κ1) is 19.4. The summed E-state index contributed by atoms with van der Waals surface area (Å²) in [7, 11) is -6.94. The summed E-state index contributed by atoms with van der Waals surface area (Å²) in [6.07, 6.45) is 1.64. The van der Waals surface area contributed by atoms with E-state index in [1.54, 1.807) is 12.1 Å². The monoisotopic (exact) mass is 368 g/mol. The van der Waals surface area contributed by atoms with Crippen molar-refractivity contribution in [3.8, 4) is 0 Å². The smallest absolute Gasteiger partial charge is 0.214 e. The molecule has 0 aliphatic carbocycles. The average molecular weight is 369 g/mol. The van der Waals surface area contributed by atoms with Crippen molar-refractivity contribution in [1.82, 2.24) is 9.44 Å². The third kappa shape index (κ3) is 6.62. The molecule has 1 aromatic carbocycles. The summed E-state index contributed by atoms with van der Waals surface area (Å²) in [6, 6.07) is 6.56. The van der Waals surface area contributed by atoms with Gasteiger partial charge in [-0.05, 0) is 37.5 Å². The molecule has 0 radical (unpaired) electrons. The SMILES string of the molecule is CCS(=O)(=O)NCCNS(=O)(=O)c1ccc(CCCCl)cc1. The van der Waals surface area contributed by atoms with Gasteiger partial charge in [0.15, 0.2) is 0 Å². The minimum absolute atomic E-state index is 0.00440. The Labute approximate surface area is 137 Å². The van der Waals surface area contributed by atoms with Crippen molar-refractivity contribution < 1.29 is 16.8 Å². The topological polar surface area (TPSA) is 92.3 Å². The molecule has 0 saturated heterocycles. The fourth-order valence-corrected chi connectivity index (χ4v) is 3.47.